The van der Waals surface area contributed by atoms with Crippen molar-refractivity contribution in [3.8, 4) is 11.5 Å². The molecule has 0 amide bonds. The quantitative estimate of drug-likeness (QED) is 0.601. The Morgan fingerprint density at radius 3 is 2.18 bits per heavy atom. The van der Waals surface area contributed by atoms with Crippen LogP contribution in [0.4, 0.5) is 5.69 Å². The van der Waals surface area contributed by atoms with E-state index >= 15 is 0 Å². The molecule has 0 saturated heterocycles. The molecule has 0 radical (unpaired) electrons. The van der Waals surface area contributed by atoms with Crippen molar-refractivity contribution in [2.75, 3.05) is 32.2 Å². The molecule has 0 fully saturated rings. The normalized spacial score (nSPS) is 11.1. The van der Waals surface area contributed by atoms with Gasteiger partial charge in [0.25, 0.3) is 10.0 Å². The zero-order valence-corrected chi connectivity index (χ0v) is 18.0. The first-order chi connectivity index (χ1) is 13.2. The monoisotopic (exact) mass is 447 g/mol. The number of nitrogens with zero attached hydrogens (tertiary/aromatic N) is 1. The zero-order valence-electron chi connectivity index (χ0n) is 15.7. The van der Waals surface area contributed by atoms with Crippen LogP contribution in [0.3, 0.4) is 0 Å². The number of halogens is 2. The van der Waals surface area contributed by atoms with E-state index in [4.69, 9.17) is 32.7 Å². The Labute approximate surface area is 173 Å². The third kappa shape index (κ3) is 4.29. The minimum Gasteiger partial charge on any atom is -0.495 e. The van der Waals surface area contributed by atoms with Crippen LogP contribution in [0.25, 0.3) is 0 Å². The summed E-state index contributed by atoms with van der Waals surface area (Å²) in [4.78, 5) is 11.7. The van der Waals surface area contributed by atoms with Crippen molar-refractivity contribution in [3.05, 3.63) is 45.9 Å². The second-order valence-corrected chi connectivity index (χ2v) is 8.24. The first-order valence-electron chi connectivity index (χ1n) is 7.93. The second kappa shape index (κ2) is 8.89. The van der Waals surface area contributed by atoms with Crippen molar-refractivity contribution < 1.29 is 27.4 Å². The van der Waals surface area contributed by atoms with Gasteiger partial charge in [-0.25, -0.2) is 8.42 Å². The summed E-state index contributed by atoms with van der Waals surface area (Å²) in [6.45, 7) is 1.20. The molecule has 0 heterocycles. The third-order valence-electron chi connectivity index (χ3n) is 3.90. The molecular weight excluding hydrogens is 429 g/mol. The van der Waals surface area contributed by atoms with Crippen molar-refractivity contribution in [2.24, 2.45) is 0 Å². The standard InChI is InChI=1S/C18H19Cl2NO6S/c1-11-5-6-13(25-2)12(9-11)21(10-16(22)27-4)28(23,24)15-8-7-14(26-3)17(19)18(15)20/h5-9H,10H2,1-4H3. The Bertz CT molecular complexity index is 994. The van der Waals surface area contributed by atoms with Gasteiger partial charge < -0.3 is 14.2 Å². The summed E-state index contributed by atoms with van der Waals surface area (Å²) < 4.78 is 42.7. The van der Waals surface area contributed by atoms with Crippen LogP contribution in [0.5, 0.6) is 11.5 Å². The number of rotatable bonds is 7. The molecule has 0 spiro atoms. The zero-order chi connectivity index (χ0) is 21.1. The van der Waals surface area contributed by atoms with Gasteiger partial charge in [-0.05, 0) is 36.8 Å². The molecule has 2 aromatic carbocycles. The molecule has 0 bridgehead atoms. The third-order valence-corrected chi connectivity index (χ3v) is 6.68. The van der Waals surface area contributed by atoms with Crippen LogP contribution in [0.2, 0.25) is 10.0 Å². The van der Waals surface area contributed by atoms with E-state index in [0.717, 1.165) is 17.0 Å². The van der Waals surface area contributed by atoms with E-state index in [1.807, 2.05) is 0 Å². The molecule has 7 nitrogen and oxygen atoms in total. The van der Waals surface area contributed by atoms with Gasteiger partial charge in [0.15, 0.2) is 0 Å². The topological polar surface area (TPSA) is 82.1 Å². The summed E-state index contributed by atoms with van der Waals surface area (Å²) in [5, 5.41) is -0.276. The Balaban J connectivity index is 2.72. The maximum atomic E-state index is 13.4. The minimum absolute atomic E-state index is 0.0560. The maximum Gasteiger partial charge on any atom is 0.326 e. The van der Waals surface area contributed by atoms with E-state index in [-0.39, 0.29) is 32.1 Å². The molecule has 0 aromatic heterocycles. The fraction of sp³-hybridized carbons (Fsp3) is 0.278. The maximum absolute atomic E-state index is 13.4. The van der Waals surface area contributed by atoms with Gasteiger partial charge in [-0.2, -0.15) is 0 Å². The van der Waals surface area contributed by atoms with Crippen molar-refractivity contribution in [3.63, 3.8) is 0 Å². The van der Waals surface area contributed by atoms with Gasteiger partial charge in [0, 0.05) is 0 Å². The predicted octanol–water partition coefficient (Wildman–Crippen LogP) is 3.69. The number of ether oxygens (including phenoxy) is 3. The van der Waals surface area contributed by atoms with Crippen LogP contribution < -0.4 is 13.8 Å². The first-order valence-corrected chi connectivity index (χ1v) is 10.1. The van der Waals surface area contributed by atoms with Gasteiger partial charge in [0.05, 0.1) is 32.0 Å². The number of hydrogen-bond donors (Lipinski definition) is 0. The lowest BCUT2D eigenvalue weighted by Crippen LogP contribution is -2.36. The minimum atomic E-state index is -4.31. The number of carbonyl (C=O) groups is 1. The molecule has 0 saturated carbocycles. The summed E-state index contributed by atoms with van der Waals surface area (Å²) in [6, 6.07) is 7.58. The molecule has 0 aliphatic heterocycles. The van der Waals surface area contributed by atoms with Crippen LogP contribution in [0.15, 0.2) is 35.2 Å². The molecule has 0 unspecified atom stereocenters. The van der Waals surface area contributed by atoms with Crippen molar-refractivity contribution in [1.82, 2.24) is 0 Å². The molecule has 0 atom stereocenters. The van der Waals surface area contributed by atoms with Crippen LogP contribution in [-0.2, 0) is 19.6 Å². The highest BCUT2D eigenvalue weighted by atomic mass is 35.5. The summed E-state index contributed by atoms with van der Waals surface area (Å²) in [5.41, 5.74) is 0.927. The Hall–Kier alpha value is -2.16. The number of methoxy groups -OCH3 is 3. The fourth-order valence-electron chi connectivity index (χ4n) is 2.47. The van der Waals surface area contributed by atoms with E-state index in [0.29, 0.717) is 0 Å². The number of aryl methyl sites for hydroxylation is 1. The molecule has 2 rings (SSSR count). The average Bonchev–Trinajstić information content (AvgIpc) is 2.67. The van der Waals surface area contributed by atoms with Gasteiger partial charge in [0.2, 0.25) is 0 Å². The lowest BCUT2D eigenvalue weighted by atomic mass is 10.2. The highest BCUT2D eigenvalue weighted by Gasteiger charge is 2.32. The Kier molecular flexibility index (Phi) is 7.03. The van der Waals surface area contributed by atoms with E-state index in [9.17, 15) is 13.2 Å². The van der Waals surface area contributed by atoms with Gasteiger partial charge in [0.1, 0.15) is 28.0 Å². The summed E-state index contributed by atoms with van der Waals surface area (Å²) in [5.74, 6) is -0.282. The highest BCUT2D eigenvalue weighted by Crippen LogP contribution is 2.40. The van der Waals surface area contributed by atoms with E-state index < -0.39 is 22.5 Å². The number of carbonyl (C=O) groups excluding carboxylic acids is 1. The molecule has 10 heteroatoms. The van der Waals surface area contributed by atoms with Crippen molar-refractivity contribution in [1.29, 1.82) is 0 Å². The SMILES string of the molecule is COC(=O)CN(c1cc(C)ccc1OC)S(=O)(=O)c1ccc(OC)c(Cl)c1Cl. The number of sulfonamides is 1. The van der Waals surface area contributed by atoms with Gasteiger partial charge >= 0.3 is 5.97 Å². The average molecular weight is 448 g/mol. The van der Waals surface area contributed by atoms with Crippen LogP contribution in [0, 0.1) is 6.92 Å². The van der Waals surface area contributed by atoms with E-state index in [1.54, 1.807) is 25.1 Å². The fourth-order valence-corrected chi connectivity index (χ4v) is 4.70. The summed E-state index contributed by atoms with van der Waals surface area (Å²) in [7, 11) is -0.363. The summed E-state index contributed by atoms with van der Waals surface area (Å²) in [6.07, 6.45) is 0. The van der Waals surface area contributed by atoms with Gasteiger partial charge in [-0.1, -0.05) is 29.3 Å². The lowest BCUT2D eigenvalue weighted by Gasteiger charge is -2.26. The molecular formula is C18H19Cl2NO6S. The van der Waals surface area contributed by atoms with Crippen molar-refractivity contribution >= 4 is 44.9 Å². The number of anilines is 1. The smallest absolute Gasteiger partial charge is 0.326 e. The van der Waals surface area contributed by atoms with Gasteiger partial charge in [-0.3, -0.25) is 9.10 Å². The second-order valence-electron chi connectivity index (χ2n) is 5.66. The predicted molar refractivity (Wildman–Crippen MR) is 107 cm³/mol. The molecule has 0 aliphatic rings. The Morgan fingerprint density at radius 2 is 1.61 bits per heavy atom. The Morgan fingerprint density at radius 1 is 1.00 bits per heavy atom. The molecule has 28 heavy (non-hydrogen) atoms. The number of benzene rings is 2. The van der Waals surface area contributed by atoms with Crippen molar-refractivity contribution in [2.45, 2.75) is 11.8 Å². The number of esters is 1. The largest absolute Gasteiger partial charge is 0.495 e. The summed E-state index contributed by atoms with van der Waals surface area (Å²) >= 11 is 12.3. The van der Waals surface area contributed by atoms with Crippen LogP contribution in [-0.4, -0.2) is 42.3 Å². The molecule has 0 aliphatic carbocycles. The highest BCUT2D eigenvalue weighted by molar-refractivity contribution is 7.93. The first kappa shape index (κ1) is 22.1. The molecule has 0 N–H and O–H groups in total. The van der Waals surface area contributed by atoms with E-state index in [1.165, 1.54) is 26.4 Å². The van der Waals surface area contributed by atoms with Crippen LogP contribution in [0.1, 0.15) is 5.56 Å². The molecule has 2 aromatic rings. The lowest BCUT2D eigenvalue weighted by molar-refractivity contribution is -0.138. The van der Waals surface area contributed by atoms with Crippen LogP contribution >= 0.6 is 23.2 Å². The molecule has 152 valence electrons. The van der Waals surface area contributed by atoms with E-state index in [2.05, 4.69) is 4.74 Å². The van der Waals surface area contributed by atoms with Gasteiger partial charge in [-0.15, -0.1) is 0 Å². The number of hydrogen-bond acceptors (Lipinski definition) is 6.